The van der Waals surface area contributed by atoms with Crippen LogP contribution in [-0.4, -0.2) is 15.9 Å². The molecular weight excluding hydrogens is 304 g/mol. The van der Waals surface area contributed by atoms with Gasteiger partial charge in [0.25, 0.3) is 0 Å². The molecule has 0 saturated heterocycles. The minimum atomic E-state index is -0.592. The van der Waals surface area contributed by atoms with E-state index >= 15 is 0 Å². The maximum atomic E-state index is 12.5. The second-order valence-electron chi connectivity index (χ2n) is 6.74. The van der Waals surface area contributed by atoms with E-state index in [1.165, 1.54) is 0 Å². The van der Waals surface area contributed by atoms with Gasteiger partial charge in [-0.15, -0.1) is 0 Å². The average Bonchev–Trinajstić information content (AvgIpc) is 3.11. The van der Waals surface area contributed by atoms with Crippen molar-refractivity contribution in [3.05, 3.63) is 50.7 Å². The number of rotatable bonds is 3. The molecule has 2 aromatic rings. The molecule has 5 nitrogen and oxygen atoms in total. The van der Waals surface area contributed by atoms with E-state index < -0.39 is 5.76 Å². The molecule has 2 unspecified atom stereocenters. The number of carbonyl (C=O) groups excluding carboxylic acids is 1. The number of aromatic nitrogens is 2. The van der Waals surface area contributed by atoms with E-state index in [0.29, 0.717) is 22.8 Å². The summed E-state index contributed by atoms with van der Waals surface area (Å²) in [5, 5.41) is 4.25. The van der Waals surface area contributed by atoms with E-state index in [9.17, 15) is 9.59 Å². The molecule has 1 aromatic heterocycles. The van der Waals surface area contributed by atoms with Crippen molar-refractivity contribution in [3.63, 3.8) is 0 Å². The molecule has 0 bridgehead atoms. The molecule has 1 heterocycles. The molecule has 0 spiro atoms. The van der Waals surface area contributed by atoms with Gasteiger partial charge in [-0.05, 0) is 23.5 Å². The van der Waals surface area contributed by atoms with Crippen molar-refractivity contribution < 1.29 is 9.32 Å². The molecule has 1 aromatic carbocycles. The predicted molar refractivity (Wildman–Crippen MR) is 82.5 cm³/mol. The van der Waals surface area contributed by atoms with Crippen molar-refractivity contribution in [3.8, 4) is 0 Å². The Labute approximate surface area is 132 Å². The van der Waals surface area contributed by atoms with E-state index in [0.717, 1.165) is 5.56 Å². The van der Waals surface area contributed by atoms with Gasteiger partial charge in [-0.3, -0.25) is 14.3 Å². The Bertz CT molecular complexity index is 785. The Morgan fingerprint density at radius 2 is 2.14 bits per heavy atom. The first-order valence-electron chi connectivity index (χ1n) is 7.17. The summed E-state index contributed by atoms with van der Waals surface area (Å²) in [6.07, 6.45) is 0.667. The van der Waals surface area contributed by atoms with Crippen LogP contribution < -0.4 is 5.76 Å². The SMILES string of the molecule is CC(C)(C)c1ccc(C(=O)C2CC2c2noc(=O)[nH]2)cc1Cl. The number of benzene rings is 1. The molecule has 22 heavy (non-hydrogen) atoms. The van der Waals surface area contributed by atoms with Gasteiger partial charge in [0.15, 0.2) is 11.6 Å². The minimum absolute atomic E-state index is 0.0243. The zero-order valence-corrected chi connectivity index (χ0v) is 13.4. The number of aromatic amines is 1. The molecule has 0 radical (unpaired) electrons. The Balaban J connectivity index is 1.80. The van der Waals surface area contributed by atoms with Crippen molar-refractivity contribution >= 4 is 17.4 Å². The maximum absolute atomic E-state index is 12.5. The third-order valence-electron chi connectivity index (χ3n) is 4.00. The highest BCUT2D eigenvalue weighted by Crippen LogP contribution is 2.47. The van der Waals surface area contributed by atoms with Crippen LogP contribution in [0.4, 0.5) is 0 Å². The number of carbonyl (C=O) groups is 1. The van der Waals surface area contributed by atoms with Gasteiger partial charge in [0.05, 0.1) is 0 Å². The zero-order valence-electron chi connectivity index (χ0n) is 12.6. The first-order chi connectivity index (χ1) is 10.3. The van der Waals surface area contributed by atoms with Gasteiger partial charge in [0.2, 0.25) is 0 Å². The maximum Gasteiger partial charge on any atom is 0.438 e. The van der Waals surface area contributed by atoms with Gasteiger partial charge >= 0.3 is 5.76 Å². The Kier molecular flexibility index (Phi) is 3.48. The largest absolute Gasteiger partial charge is 0.438 e. The molecule has 0 amide bonds. The molecule has 1 N–H and O–H groups in total. The van der Waals surface area contributed by atoms with E-state index in [4.69, 9.17) is 11.6 Å². The van der Waals surface area contributed by atoms with Gasteiger partial charge in [-0.1, -0.05) is 49.7 Å². The molecule has 1 saturated carbocycles. The minimum Gasteiger partial charge on any atom is -0.296 e. The fourth-order valence-corrected chi connectivity index (χ4v) is 3.14. The lowest BCUT2D eigenvalue weighted by Crippen LogP contribution is -2.13. The van der Waals surface area contributed by atoms with E-state index in [-0.39, 0.29) is 23.0 Å². The summed E-state index contributed by atoms with van der Waals surface area (Å²) < 4.78 is 4.48. The molecule has 3 rings (SSSR count). The zero-order chi connectivity index (χ0) is 16.1. The summed E-state index contributed by atoms with van der Waals surface area (Å²) >= 11 is 6.31. The number of H-pyrrole nitrogens is 1. The fourth-order valence-electron chi connectivity index (χ4n) is 2.68. The first-order valence-corrected chi connectivity index (χ1v) is 7.55. The van der Waals surface area contributed by atoms with Crippen molar-refractivity contribution in [2.24, 2.45) is 5.92 Å². The predicted octanol–water partition coefficient (Wildman–Crippen LogP) is 3.30. The van der Waals surface area contributed by atoms with Gasteiger partial charge in [0.1, 0.15) is 0 Å². The Morgan fingerprint density at radius 3 is 2.68 bits per heavy atom. The summed E-state index contributed by atoms with van der Waals surface area (Å²) in [5.41, 5.74) is 1.54. The third kappa shape index (κ3) is 2.73. The Morgan fingerprint density at radius 1 is 1.41 bits per heavy atom. The van der Waals surface area contributed by atoms with Gasteiger partial charge in [-0.2, -0.15) is 0 Å². The number of ketones is 1. The smallest absolute Gasteiger partial charge is 0.296 e. The third-order valence-corrected chi connectivity index (χ3v) is 4.31. The lowest BCUT2D eigenvalue weighted by atomic mass is 9.86. The van der Waals surface area contributed by atoms with Crippen LogP contribution in [0.15, 0.2) is 27.5 Å². The summed E-state index contributed by atoms with van der Waals surface area (Å²) in [4.78, 5) is 26.0. The molecular formula is C16H17ClN2O3. The first kappa shape index (κ1) is 15.0. The lowest BCUT2D eigenvalue weighted by molar-refractivity contribution is 0.0964. The molecule has 6 heteroatoms. The van der Waals surface area contributed by atoms with E-state index in [2.05, 4.69) is 35.4 Å². The van der Waals surface area contributed by atoms with Crippen LogP contribution >= 0.6 is 11.6 Å². The summed E-state index contributed by atoms with van der Waals surface area (Å²) in [6, 6.07) is 5.45. The summed E-state index contributed by atoms with van der Waals surface area (Å²) in [5.74, 6) is -0.361. The van der Waals surface area contributed by atoms with Crippen LogP contribution in [0.25, 0.3) is 0 Å². The lowest BCUT2D eigenvalue weighted by Gasteiger charge is -2.20. The van der Waals surface area contributed by atoms with Crippen molar-refractivity contribution in [1.29, 1.82) is 0 Å². The highest BCUT2D eigenvalue weighted by atomic mass is 35.5. The quantitative estimate of drug-likeness (QED) is 0.880. The summed E-state index contributed by atoms with van der Waals surface area (Å²) in [6.45, 7) is 6.23. The van der Waals surface area contributed by atoms with Crippen molar-refractivity contribution in [1.82, 2.24) is 10.1 Å². The Hall–Kier alpha value is -1.88. The molecule has 1 aliphatic carbocycles. The molecule has 2 atom stereocenters. The van der Waals surface area contributed by atoms with E-state index in [1.54, 1.807) is 6.07 Å². The number of halogens is 1. The number of Topliss-reactive ketones (excluding diaryl/α,β-unsaturated/α-hetero) is 1. The fraction of sp³-hybridized carbons (Fsp3) is 0.438. The molecule has 1 aliphatic rings. The number of nitrogens with zero attached hydrogens (tertiary/aromatic N) is 1. The number of nitrogens with one attached hydrogen (secondary N) is 1. The average molecular weight is 321 g/mol. The number of hydrogen-bond acceptors (Lipinski definition) is 4. The van der Waals surface area contributed by atoms with Gasteiger partial charge < -0.3 is 0 Å². The standard InChI is InChI=1S/C16H17ClN2O3/c1-16(2,3)11-5-4-8(6-12(11)17)13(20)9-7-10(9)14-18-15(21)22-19-14/h4-6,9-10H,7H2,1-3H3,(H,18,19,21). The van der Waals surface area contributed by atoms with Gasteiger partial charge in [-0.25, -0.2) is 4.79 Å². The number of hydrogen-bond donors (Lipinski definition) is 1. The summed E-state index contributed by atoms with van der Waals surface area (Å²) in [7, 11) is 0. The molecule has 116 valence electrons. The van der Waals surface area contributed by atoms with Crippen LogP contribution in [-0.2, 0) is 5.41 Å². The van der Waals surface area contributed by atoms with Crippen LogP contribution in [0, 0.1) is 5.92 Å². The van der Waals surface area contributed by atoms with Crippen LogP contribution in [0.2, 0.25) is 5.02 Å². The van der Waals surface area contributed by atoms with Crippen molar-refractivity contribution in [2.45, 2.75) is 38.5 Å². The molecule has 1 fully saturated rings. The highest BCUT2D eigenvalue weighted by Gasteiger charge is 2.46. The van der Waals surface area contributed by atoms with E-state index in [1.807, 2.05) is 12.1 Å². The van der Waals surface area contributed by atoms with Crippen molar-refractivity contribution in [2.75, 3.05) is 0 Å². The van der Waals surface area contributed by atoms with Crippen LogP contribution in [0.3, 0.4) is 0 Å². The van der Waals surface area contributed by atoms with Gasteiger partial charge in [0, 0.05) is 22.4 Å². The van der Waals surface area contributed by atoms with Crippen LogP contribution in [0.5, 0.6) is 0 Å². The van der Waals surface area contributed by atoms with Crippen LogP contribution in [0.1, 0.15) is 54.9 Å². The molecule has 0 aliphatic heterocycles. The topological polar surface area (TPSA) is 76.0 Å². The monoisotopic (exact) mass is 320 g/mol. The highest BCUT2D eigenvalue weighted by molar-refractivity contribution is 6.32. The second-order valence-corrected chi connectivity index (χ2v) is 7.15. The second kappa shape index (κ2) is 5.09. The normalized spacial score (nSPS) is 20.9.